The van der Waals surface area contributed by atoms with E-state index >= 15 is 0 Å². The van der Waals surface area contributed by atoms with Gasteiger partial charge in [0.25, 0.3) is 5.69 Å². The average Bonchev–Trinajstić information content (AvgIpc) is 2.54. The molecule has 9 nitrogen and oxygen atoms in total. The van der Waals surface area contributed by atoms with Crippen molar-refractivity contribution in [2.75, 3.05) is 26.6 Å². The maximum Gasteiger partial charge on any atom is 0.301 e. The molecule has 0 aliphatic rings. The lowest BCUT2D eigenvalue weighted by Gasteiger charge is -2.23. The lowest BCUT2D eigenvalue weighted by molar-refractivity contribution is -0.393. The van der Waals surface area contributed by atoms with E-state index in [0.717, 1.165) is 17.3 Å². The first-order chi connectivity index (χ1) is 11.7. The highest BCUT2D eigenvalue weighted by Crippen LogP contribution is 2.28. The highest BCUT2D eigenvalue weighted by atomic mass is 16.6. The molecular weight excluding hydrogens is 326 g/mol. The molecule has 0 heterocycles. The van der Waals surface area contributed by atoms with Crippen LogP contribution in [0.1, 0.15) is 5.56 Å². The fourth-order valence-corrected chi connectivity index (χ4v) is 2.06. The Balaban J connectivity index is 2.16. The number of nitro groups is 2. The molecule has 0 atom stereocenters. The van der Waals surface area contributed by atoms with Crippen LogP contribution in [0.25, 0.3) is 0 Å². The molecule has 9 heteroatoms. The zero-order valence-electron chi connectivity index (χ0n) is 14.0. The molecule has 0 aromatic heterocycles. The summed E-state index contributed by atoms with van der Waals surface area (Å²) in [7, 11) is 6.16. The third-order valence-corrected chi connectivity index (χ3v) is 3.46. The number of hydrogen-bond acceptors (Lipinski definition) is 6. The van der Waals surface area contributed by atoms with Gasteiger partial charge in [0, 0.05) is 6.07 Å². The number of anilines is 1. The molecule has 0 aliphatic carbocycles. The van der Waals surface area contributed by atoms with Crippen LogP contribution in [-0.4, -0.2) is 37.2 Å². The van der Waals surface area contributed by atoms with Gasteiger partial charge in [-0.1, -0.05) is 0 Å². The van der Waals surface area contributed by atoms with Gasteiger partial charge < -0.3 is 0 Å². The second kappa shape index (κ2) is 7.05. The zero-order valence-corrected chi connectivity index (χ0v) is 14.0. The van der Waals surface area contributed by atoms with Crippen LogP contribution in [0.2, 0.25) is 0 Å². The van der Waals surface area contributed by atoms with E-state index in [1.807, 2.05) is 24.3 Å². The average molecular weight is 344 g/mol. The van der Waals surface area contributed by atoms with Crippen LogP contribution in [0.4, 0.5) is 22.7 Å². The molecule has 2 rings (SSSR count). The van der Waals surface area contributed by atoms with E-state index in [-0.39, 0.29) is 11.4 Å². The van der Waals surface area contributed by atoms with Gasteiger partial charge in [0.15, 0.2) is 0 Å². The highest BCUT2D eigenvalue weighted by Gasteiger charge is 2.19. The standard InChI is InChI=1S/C16H18N5O4/c1-21(2,3)14-7-4-12(5-8-14)11-17-18-15-9-6-13(19(22)23)10-16(15)20(24)25/h4-11,18H,1-3H3/q+1/b17-11+. The van der Waals surface area contributed by atoms with Gasteiger partial charge in [0.05, 0.1) is 43.3 Å². The molecule has 0 saturated carbocycles. The van der Waals surface area contributed by atoms with Crippen LogP contribution < -0.4 is 9.91 Å². The van der Waals surface area contributed by atoms with Crippen LogP contribution in [0.5, 0.6) is 0 Å². The van der Waals surface area contributed by atoms with E-state index in [9.17, 15) is 20.2 Å². The van der Waals surface area contributed by atoms with Crippen molar-refractivity contribution in [3.63, 3.8) is 0 Å². The van der Waals surface area contributed by atoms with E-state index in [2.05, 4.69) is 31.7 Å². The summed E-state index contributed by atoms with van der Waals surface area (Å²) >= 11 is 0. The Labute approximate surface area is 144 Å². The molecular formula is C16H18N5O4+. The second-order valence-electron chi connectivity index (χ2n) is 6.19. The second-order valence-corrected chi connectivity index (χ2v) is 6.19. The van der Waals surface area contributed by atoms with Crippen molar-refractivity contribution < 1.29 is 9.85 Å². The molecule has 0 bridgehead atoms. The van der Waals surface area contributed by atoms with E-state index in [0.29, 0.717) is 4.48 Å². The molecule has 25 heavy (non-hydrogen) atoms. The van der Waals surface area contributed by atoms with E-state index in [4.69, 9.17) is 0 Å². The lowest BCUT2D eigenvalue weighted by atomic mass is 10.2. The molecule has 130 valence electrons. The Bertz CT molecular complexity index is 825. The number of hydrazone groups is 1. The Kier molecular flexibility index (Phi) is 5.08. The van der Waals surface area contributed by atoms with E-state index in [1.165, 1.54) is 18.3 Å². The van der Waals surface area contributed by atoms with Gasteiger partial charge in [-0.2, -0.15) is 5.10 Å². The van der Waals surface area contributed by atoms with Gasteiger partial charge in [-0.25, -0.2) is 0 Å². The number of nitrogens with one attached hydrogen (secondary N) is 1. The number of hydrogen-bond donors (Lipinski definition) is 1. The summed E-state index contributed by atoms with van der Waals surface area (Å²) in [5, 5.41) is 25.7. The maximum atomic E-state index is 11.1. The molecule has 0 aliphatic heterocycles. The van der Waals surface area contributed by atoms with Crippen molar-refractivity contribution in [3.8, 4) is 0 Å². The van der Waals surface area contributed by atoms with Crippen molar-refractivity contribution in [1.29, 1.82) is 0 Å². The van der Waals surface area contributed by atoms with Crippen molar-refractivity contribution in [1.82, 2.24) is 4.48 Å². The Morgan fingerprint density at radius 2 is 1.64 bits per heavy atom. The molecule has 0 amide bonds. The first-order valence-electron chi connectivity index (χ1n) is 7.32. The topological polar surface area (TPSA) is 111 Å². The molecule has 0 fully saturated rings. The van der Waals surface area contributed by atoms with Crippen molar-refractivity contribution in [2.45, 2.75) is 0 Å². The molecule has 0 saturated heterocycles. The van der Waals surface area contributed by atoms with Crippen LogP contribution in [0, 0.1) is 20.2 Å². The third-order valence-electron chi connectivity index (χ3n) is 3.46. The molecule has 1 N–H and O–H groups in total. The predicted octanol–water partition coefficient (Wildman–Crippen LogP) is 3.15. The molecule has 0 unspecified atom stereocenters. The van der Waals surface area contributed by atoms with Gasteiger partial charge in [0.1, 0.15) is 11.4 Å². The summed E-state index contributed by atoms with van der Waals surface area (Å²) in [6, 6.07) is 11.0. The first kappa shape index (κ1) is 18.0. The highest BCUT2D eigenvalue weighted by molar-refractivity contribution is 5.81. The van der Waals surface area contributed by atoms with Crippen molar-refractivity contribution in [2.24, 2.45) is 5.10 Å². The Hall–Kier alpha value is -3.33. The first-order valence-corrected chi connectivity index (χ1v) is 7.32. The van der Waals surface area contributed by atoms with Gasteiger partial charge in [-0.3, -0.25) is 30.1 Å². The minimum atomic E-state index is -0.694. The summed E-state index contributed by atoms with van der Waals surface area (Å²) in [4.78, 5) is 20.4. The predicted molar refractivity (Wildman–Crippen MR) is 97.0 cm³/mol. The Morgan fingerprint density at radius 1 is 1.00 bits per heavy atom. The monoisotopic (exact) mass is 344 g/mol. The van der Waals surface area contributed by atoms with Crippen molar-refractivity contribution >= 4 is 29.0 Å². The fourth-order valence-electron chi connectivity index (χ4n) is 2.06. The van der Waals surface area contributed by atoms with Crippen LogP contribution in [0.15, 0.2) is 47.6 Å². The van der Waals surface area contributed by atoms with E-state index in [1.54, 1.807) is 0 Å². The number of quaternary nitrogens is 1. The summed E-state index contributed by atoms with van der Waals surface area (Å²) in [5.41, 5.74) is 3.81. The largest absolute Gasteiger partial charge is 0.301 e. The quantitative estimate of drug-likeness (QED) is 0.374. The summed E-state index contributed by atoms with van der Waals surface area (Å²) < 4.78 is 0.685. The number of rotatable bonds is 6. The van der Waals surface area contributed by atoms with Crippen LogP contribution in [0.3, 0.4) is 0 Å². The number of nitrogens with zero attached hydrogens (tertiary/aromatic N) is 4. The number of nitro benzene ring substituents is 2. The minimum Gasteiger partial charge on any atom is -0.298 e. The molecule has 2 aromatic carbocycles. The van der Waals surface area contributed by atoms with E-state index < -0.39 is 15.5 Å². The number of benzene rings is 2. The normalized spacial score (nSPS) is 11.5. The third kappa shape index (κ3) is 4.58. The van der Waals surface area contributed by atoms with Gasteiger partial charge in [0.2, 0.25) is 0 Å². The van der Waals surface area contributed by atoms with Crippen molar-refractivity contribution in [3.05, 3.63) is 68.3 Å². The fraction of sp³-hybridized carbons (Fsp3) is 0.188. The zero-order chi connectivity index (χ0) is 18.6. The summed E-state index contributed by atoms with van der Waals surface area (Å²) in [6.07, 6.45) is 1.52. The smallest absolute Gasteiger partial charge is 0.298 e. The molecule has 2 aromatic rings. The molecule has 0 spiro atoms. The SMILES string of the molecule is C[N+](C)(C)c1ccc(/C=N/Nc2ccc([N+](=O)[O-])cc2[N+](=O)[O-])cc1. The van der Waals surface area contributed by atoms with Crippen LogP contribution >= 0.6 is 0 Å². The maximum absolute atomic E-state index is 11.1. The van der Waals surface area contributed by atoms with Gasteiger partial charge in [-0.15, -0.1) is 0 Å². The van der Waals surface area contributed by atoms with Gasteiger partial charge >= 0.3 is 5.69 Å². The molecule has 0 radical (unpaired) electrons. The summed E-state index contributed by atoms with van der Waals surface area (Å²) in [5.74, 6) is 0. The Morgan fingerprint density at radius 3 is 2.16 bits per heavy atom. The summed E-state index contributed by atoms with van der Waals surface area (Å²) in [6.45, 7) is 0. The lowest BCUT2D eigenvalue weighted by Crippen LogP contribution is -2.34. The number of non-ortho nitro benzene ring substituents is 1. The minimum absolute atomic E-state index is 0.0785. The van der Waals surface area contributed by atoms with Gasteiger partial charge in [-0.05, 0) is 35.9 Å². The van der Waals surface area contributed by atoms with Crippen LogP contribution in [-0.2, 0) is 0 Å².